The van der Waals surface area contributed by atoms with Crippen LogP contribution < -0.4 is 4.90 Å². The number of carbonyl (C=O) groups is 2. The van der Waals surface area contributed by atoms with Gasteiger partial charge in [0.05, 0.1) is 6.67 Å². The van der Waals surface area contributed by atoms with E-state index in [0.29, 0.717) is 37.6 Å². The highest BCUT2D eigenvalue weighted by atomic mass is 35.5. The molecule has 2 heterocycles. The summed E-state index contributed by atoms with van der Waals surface area (Å²) in [5.41, 5.74) is -0.221. The fraction of sp³-hybridized carbons (Fsp3) is 0.579. The van der Waals surface area contributed by atoms with Gasteiger partial charge in [0.2, 0.25) is 5.91 Å². The summed E-state index contributed by atoms with van der Waals surface area (Å²) >= 11 is 6.15. The van der Waals surface area contributed by atoms with E-state index in [1.807, 2.05) is 52.1 Å². The fourth-order valence-corrected chi connectivity index (χ4v) is 3.91. The second-order valence-electron chi connectivity index (χ2n) is 8.05. The number of rotatable bonds is 1. The number of halogens is 1. The highest BCUT2D eigenvalue weighted by Crippen LogP contribution is 2.39. The smallest absolute Gasteiger partial charge is 0.410 e. The lowest BCUT2D eigenvalue weighted by molar-refractivity contribution is -0.132. The predicted octanol–water partition coefficient (Wildman–Crippen LogP) is 3.35. The quantitative estimate of drug-likeness (QED) is 0.750. The lowest BCUT2D eigenvalue weighted by Crippen LogP contribution is -2.57. The molecule has 26 heavy (non-hydrogen) atoms. The predicted molar refractivity (Wildman–Crippen MR) is 101 cm³/mol. The number of hydrogen-bond donors (Lipinski definition) is 0. The SMILES string of the molecule is CN1CN(c2cccc(Cl)c2)C2(CCN(C(=O)OC(C)(C)C)CC2)C1=O. The molecule has 0 unspecified atom stereocenters. The molecule has 7 heteroatoms. The molecule has 2 aliphatic heterocycles. The molecule has 0 saturated carbocycles. The van der Waals surface area contributed by atoms with Gasteiger partial charge in [0.25, 0.3) is 0 Å². The maximum Gasteiger partial charge on any atom is 0.410 e. The number of hydrogen-bond acceptors (Lipinski definition) is 4. The van der Waals surface area contributed by atoms with Crippen LogP contribution in [0.4, 0.5) is 10.5 Å². The van der Waals surface area contributed by atoms with Gasteiger partial charge in [0, 0.05) is 30.8 Å². The molecule has 6 nitrogen and oxygen atoms in total. The Kier molecular flexibility index (Phi) is 4.82. The topological polar surface area (TPSA) is 53.1 Å². The highest BCUT2D eigenvalue weighted by Gasteiger charge is 2.53. The minimum absolute atomic E-state index is 0.0984. The summed E-state index contributed by atoms with van der Waals surface area (Å²) in [5.74, 6) is 0.0984. The van der Waals surface area contributed by atoms with Crippen LogP contribution in [0.15, 0.2) is 24.3 Å². The summed E-state index contributed by atoms with van der Waals surface area (Å²) in [6, 6.07) is 7.57. The molecule has 1 spiro atoms. The number of benzene rings is 1. The number of amides is 2. The maximum absolute atomic E-state index is 13.0. The third-order valence-corrected chi connectivity index (χ3v) is 5.21. The Hall–Kier alpha value is -1.95. The minimum atomic E-state index is -0.627. The molecule has 3 rings (SSSR count). The van der Waals surface area contributed by atoms with Crippen LogP contribution in [-0.4, -0.2) is 59.7 Å². The van der Waals surface area contributed by atoms with E-state index < -0.39 is 11.1 Å². The Balaban J connectivity index is 1.80. The number of nitrogens with zero attached hydrogens (tertiary/aromatic N) is 3. The zero-order chi connectivity index (χ0) is 19.1. The van der Waals surface area contributed by atoms with E-state index in [0.717, 1.165) is 5.69 Å². The van der Waals surface area contributed by atoms with Gasteiger partial charge in [-0.25, -0.2) is 4.79 Å². The third kappa shape index (κ3) is 3.47. The maximum atomic E-state index is 13.0. The molecule has 0 radical (unpaired) electrons. The number of likely N-dealkylation sites (tertiary alicyclic amines) is 1. The third-order valence-electron chi connectivity index (χ3n) is 4.98. The van der Waals surface area contributed by atoms with Gasteiger partial charge in [0.15, 0.2) is 0 Å². The van der Waals surface area contributed by atoms with E-state index in [1.165, 1.54) is 0 Å². The summed E-state index contributed by atoms with van der Waals surface area (Å²) in [6.07, 6.45) is 0.824. The first-order valence-corrected chi connectivity index (χ1v) is 9.27. The summed E-state index contributed by atoms with van der Waals surface area (Å²) < 4.78 is 5.46. The summed E-state index contributed by atoms with van der Waals surface area (Å²) in [6.45, 7) is 7.06. The van der Waals surface area contributed by atoms with Crippen molar-refractivity contribution in [2.24, 2.45) is 0 Å². The monoisotopic (exact) mass is 379 g/mol. The molecule has 1 aromatic carbocycles. The van der Waals surface area contributed by atoms with Crippen LogP contribution in [0.1, 0.15) is 33.6 Å². The van der Waals surface area contributed by atoms with Gasteiger partial charge < -0.3 is 19.4 Å². The number of likely N-dealkylation sites (N-methyl/N-ethyl adjacent to an activating group) is 1. The molecule has 2 saturated heterocycles. The molecule has 0 atom stereocenters. The van der Waals surface area contributed by atoms with Gasteiger partial charge in [-0.1, -0.05) is 17.7 Å². The number of ether oxygens (including phenoxy) is 1. The zero-order valence-corrected chi connectivity index (χ0v) is 16.5. The average Bonchev–Trinajstić information content (AvgIpc) is 2.79. The van der Waals surface area contributed by atoms with Crippen LogP contribution >= 0.6 is 11.6 Å². The molecule has 0 aromatic heterocycles. The van der Waals surface area contributed by atoms with Crippen molar-refractivity contribution in [3.8, 4) is 0 Å². The molecule has 1 aromatic rings. The molecular formula is C19H26ClN3O3. The number of carbonyl (C=O) groups excluding carboxylic acids is 2. The van der Waals surface area contributed by atoms with E-state index in [9.17, 15) is 9.59 Å². The second kappa shape index (κ2) is 6.65. The van der Waals surface area contributed by atoms with E-state index in [1.54, 1.807) is 9.80 Å². The van der Waals surface area contributed by atoms with E-state index in [4.69, 9.17) is 16.3 Å². The molecule has 0 aliphatic carbocycles. The van der Waals surface area contributed by atoms with Crippen molar-refractivity contribution in [1.82, 2.24) is 9.80 Å². The fourth-order valence-electron chi connectivity index (χ4n) is 3.72. The standard InChI is InChI=1S/C19H26ClN3O3/c1-18(2,3)26-17(25)22-10-8-19(9-11-22)16(24)21(4)13-23(19)15-7-5-6-14(20)12-15/h5-7,12H,8-11,13H2,1-4H3. The minimum Gasteiger partial charge on any atom is -0.444 e. The van der Waals surface area contributed by atoms with Crippen molar-refractivity contribution in [3.05, 3.63) is 29.3 Å². The van der Waals surface area contributed by atoms with E-state index >= 15 is 0 Å². The van der Waals surface area contributed by atoms with Crippen molar-refractivity contribution >= 4 is 29.3 Å². The molecule has 142 valence electrons. The first-order valence-electron chi connectivity index (χ1n) is 8.89. The molecule has 0 N–H and O–H groups in total. The van der Waals surface area contributed by atoms with Gasteiger partial charge in [-0.3, -0.25) is 4.79 Å². The Labute approximate surface area is 159 Å². The first kappa shape index (κ1) is 18.8. The van der Waals surface area contributed by atoms with Crippen LogP contribution in [0.2, 0.25) is 5.02 Å². The molecule has 0 bridgehead atoms. The molecule has 2 aliphatic rings. The van der Waals surface area contributed by atoms with E-state index in [2.05, 4.69) is 4.90 Å². The van der Waals surface area contributed by atoms with Crippen LogP contribution in [0, 0.1) is 0 Å². The van der Waals surface area contributed by atoms with Crippen LogP contribution in [-0.2, 0) is 9.53 Å². The molecule has 2 amide bonds. The number of anilines is 1. The number of piperidine rings is 1. The van der Waals surface area contributed by atoms with Gasteiger partial charge in [0.1, 0.15) is 11.1 Å². The normalized spacial score (nSPS) is 20.0. The zero-order valence-electron chi connectivity index (χ0n) is 15.8. The van der Waals surface area contributed by atoms with Crippen molar-refractivity contribution < 1.29 is 14.3 Å². The van der Waals surface area contributed by atoms with Gasteiger partial charge in [-0.15, -0.1) is 0 Å². The van der Waals surface area contributed by atoms with Crippen molar-refractivity contribution in [2.75, 3.05) is 31.7 Å². The van der Waals surface area contributed by atoms with Crippen LogP contribution in [0.25, 0.3) is 0 Å². The Morgan fingerprint density at radius 1 is 1.23 bits per heavy atom. The molecule has 2 fully saturated rings. The summed E-state index contributed by atoms with van der Waals surface area (Å²) in [7, 11) is 1.81. The Morgan fingerprint density at radius 2 is 1.88 bits per heavy atom. The molecular weight excluding hydrogens is 354 g/mol. The summed E-state index contributed by atoms with van der Waals surface area (Å²) in [4.78, 5) is 30.9. The van der Waals surface area contributed by atoms with Gasteiger partial charge >= 0.3 is 6.09 Å². The van der Waals surface area contributed by atoms with Crippen molar-refractivity contribution in [3.63, 3.8) is 0 Å². The Bertz CT molecular complexity index is 708. The average molecular weight is 380 g/mol. The van der Waals surface area contributed by atoms with Gasteiger partial charge in [-0.2, -0.15) is 0 Å². The van der Waals surface area contributed by atoms with Crippen LogP contribution in [0.3, 0.4) is 0 Å². The van der Waals surface area contributed by atoms with Crippen LogP contribution in [0.5, 0.6) is 0 Å². The lowest BCUT2D eigenvalue weighted by atomic mass is 9.85. The Morgan fingerprint density at radius 3 is 2.46 bits per heavy atom. The second-order valence-corrected chi connectivity index (χ2v) is 8.49. The highest BCUT2D eigenvalue weighted by molar-refractivity contribution is 6.30. The summed E-state index contributed by atoms with van der Waals surface area (Å²) in [5, 5.41) is 0.644. The van der Waals surface area contributed by atoms with Gasteiger partial charge in [-0.05, 0) is 51.8 Å². The lowest BCUT2D eigenvalue weighted by Gasteiger charge is -2.43. The van der Waals surface area contributed by atoms with E-state index in [-0.39, 0.29) is 12.0 Å². The van der Waals surface area contributed by atoms with Crippen molar-refractivity contribution in [2.45, 2.75) is 44.8 Å². The largest absolute Gasteiger partial charge is 0.444 e. The van der Waals surface area contributed by atoms with Crippen molar-refractivity contribution in [1.29, 1.82) is 0 Å². The first-order chi connectivity index (χ1) is 12.1.